The van der Waals surface area contributed by atoms with Gasteiger partial charge in [-0.25, -0.2) is 0 Å². The summed E-state index contributed by atoms with van der Waals surface area (Å²) in [5, 5.41) is 11.9. The van der Waals surface area contributed by atoms with Gasteiger partial charge in [-0.15, -0.1) is 11.8 Å². The predicted molar refractivity (Wildman–Crippen MR) is 76.4 cm³/mol. The van der Waals surface area contributed by atoms with Crippen molar-refractivity contribution in [3.05, 3.63) is 29.3 Å². The summed E-state index contributed by atoms with van der Waals surface area (Å²) in [6.07, 6.45) is 5.42. The third-order valence-corrected chi connectivity index (χ3v) is 4.76. The largest absolute Gasteiger partial charge is 0.409 e. The van der Waals surface area contributed by atoms with E-state index >= 15 is 0 Å². The molecule has 0 aromatic heterocycles. The van der Waals surface area contributed by atoms with Crippen molar-refractivity contribution in [1.82, 2.24) is 0 Å². The highest BCUT2D eigenvalue weighted by Crippen LogP contribution is 2.32. The third kappa shape index (κ3) is 3.19. The fourth-order valence-corrected chi connectivity index (χ4v) is 3.75. The molecule has 3 nitrogen and oxygen atoms in total. The number of rotatable bonds is 4. The molecule has 0 saturated heterocycles. The molecular formula is C14H20N2OS. The van der Waals surface area contributed by atoms with Gasteiger partial charge in [-0.05, 0) is 43.4 Å². The smallest absolute Gasteiger partial charge is 0.171 e. The molecule has 0 atom stereocenters. The molecule has 1 aromatic carbocycles. The normalized spacial score (nSPS) is 17.3. The van der Waals surface area contributed by atoms with Crippen molar-refractivity contribution >= 4 is 17.6 Å². The summed E-state index contributed by atoms with van der Waals surface area (Å²) in [6.45, 7) is 2.07. The highest BCUT2D eigenvalue weighted by atomic mass is 32.2. The van der Waals surface area contributed by atoms with Crippen molar-refractivity contribution in [2.45, 2.75) is 37.5 Å². The second-order valence-electron chi connectivity index (χ2n) is 4.95. The number of oxime groups is 1. The number of nitrogens with two attached hydrogens (primary N) is 1. The second kappa shape index (κ2) is 6.14. The van der Waals surface area contributed by atoms with Gasteiger partial charge in [0.2, 0.25) is 0 Å². The number of thioether (sulfide) groups is 1. The van der Waals surface area contributed by atoms with Crippen LogP contribution in [0.15, 0.2) is 28.3 Å². The molecule has 18 heavy (non-hydrogen) atoms. The lowest BCUT2D eigenvalue weighted by molar-refractivity contribution is 0.318. The molecule has 0 amide bonds. The first-order valence-electron chi connectivity index (χ1n) is 6.42. The zero-order valence-electron chi connectivity index (χ0n) is 10.7. The molecule has 1 saturated carbocycles. The molecule has 0 spiro atoms. The molecule has 1 aliphatic carbocycles. The molecular weight excluding hydrogens is 244 g/mol. The van der Waals surface area contributed by atoms with Crippen LogP contribution in [0, 0.1) is 12.8 Å². The lowest BCUT2D eigenvalue weighted by atomic mass is 10.1. The van der Waals surface area contributed by atoms with Gasteiger partial charge in [0.15, 0.2) is 5.84 Å². The summed E-state index contributed by atoms with van der Waals surface area (Å²) in [7, 11) is 0. The van der Waals surface area contributed by atoms with E-state index in [-0.39, 0.29) is 5.84 Å². The highest BCUT2D eigenvalue weighted by molar-refractivity contribution is 7.99. The van der Waals surface area contributed by atoms with E-state index in [1.807, 2.05) is 23.9 Å². The molecule has 4 heteroatoms. The summed E-state index contributed by atoms with van der Waals surface area (Å²) in [4.78, 5) is 1.12. The Labute approximate surface area is 112 Å². The number of aryl methyl sites for hydroxylation is 1. The maximum absolute atomic E-state index is 8.82. The van der Waals surface area contributed by atoms with Crippen LogP contribution in [0.4, 0.5) is 0 Å². The molecule has 2 rings (SSSR count). The van der Waals surface area contributed by atoms with E-state index in [0.29, 0.717) is 0 Å². The molecule has 0 aliphatic heterocycles. The Hall–Kier alpha value is -1.16. The van der Waals surface area contributed by atoms with E-state index in [1.54, 1.807) is 0 Å². The molecule has 1 aliphatic rings. The average Bonchev–Trinajstić information content (AvgIpc) is 2.88. The maximum Gasteiger partial charge on any atom is 0.171 e. The average molecular weight is 264 g/mol. The molecule has 0 heterocycles. The second-order valence-corrected chi connectivity index (χ2v) is 6.01. The Morgan fingerprint density at radius 3 is 2.83 bits per heavy atom. The lowest BCUT2D eigenvalue weighted by Gasteiger charge is -2.12. The van der Waals surface area contributed by atoms with Crippen LogP contribution in [-0.2, 0) is 0 Å². The van der Waals surface area contributed by atoms with Crippen molar-refractivity contribution in [2.24, 2.45) is 16.8 Å². The molecule has 3 N–H and O–H groups in total. The Bertz CT molecular complexity index is 439. The Kier molecular flexibility index (Phi) is 4.53. The Balaban J connectivity index is 2.11. The van der Waals surface area contributed by atoms with E-state index in [2.05, 4.69) is 18.1 Å². The summed E-state index contributed by atoms with van der Waals surface area (Å²) >= 11 is 1.83. The zero-order chi connectivity index (χ0) is 13.0. The van der Waals surface area contributed by atoms with Crippen LogP contribution in [0.5, 0.6) is 0 Å². The van der Waals surface area contributed by atoms with Gasteiger partial charge in [-0.1, -0.05) is 24.1 Å². The fourth-order valence-electron chi connectivity index (χ4n) is 2.40. The van der Waals surface area contributed by atoms with Gasteiger partial charge in [0.25, 0.3) is 0 Å². The molecule has 1 fully saturated rings. The first kappa shape index (κ1) is 13.3. The maximum atomic E-state index is 8.82. The summed E-state index contributed by atoms with van der Waals surface area (Å²) in [5.74, 6) is 2.16. The van der Waals surface area contributed by atoms with Crippen LogP contribution in [0.1, 0.15) is 36.8 Å². The van der Waals surface area contributed by atoms with Crippen LogP contribution in [-0.4, -0.2) is 16.8 Å². The van der Waals surface area contributed by atoms with Crippen LogP contribution in [0.25, 0.3) is 0 Å². The van der Waals surface area contributed by atoms with Crippen molar-refractivity contribution in [1.29, 1.82) is 0 Å². The van der Waals surface area contributed by atoms with Gasteiger partial charge < -0.3 is 10.9 Å². The Morgan fingerprint density at radius 1 is 1.44 bits per heavy atom. The number of hydrogen-bond donors (Lipinski definition) is 2. The number of amidine groups is 1. The molecule has 1 aromatic rings. The van der Waals surface area contributed by atoms with Gasteiger partial charge in [0, 0.05) is 16.2 Å². The first-order chi connectivity index (χ1) is 8.70. The van der Waals surface area contributed by atoms with Crippen molar-refractivity contribution in [2.75, 3.05) is 5.75 Å². The Morgan fingerprint density at radius 2 is 2.17 bits per heavy atom. The SMILES string of the molecule is Cc1ccc(C(N)=NO)c(SCC2CCCC2)c1. The fraction of sp³-hybridized carbons (Fsp3) is 0.500. The summed E-state index contributed by atoms with van der Waals surface area (Å²) in [5.41, 5.74) is 7.76. The van der Waals surface area contributed by atoms with Crippen LogP contribution in [0.3, 0.4) is 0 Å². The molecule has 0 unspecified atom stereocenters. The van der Waals surface area contributed by atoms with Gasteiger partial charge in [0.05, 0.1) is 0 Å². The van der Waals surface area contributed by atoms with Gasteiger partial charge in [-0.3, -0.25) is 0 Å². The van der Waals surface area contributed by atoms with Crippen molar-refractivity contribution in [3.8, 4) is 0 Å². The van der Waals surface area contributed by atoms with Crippen molar-refractivity contribution in [3.63, 3.8) is 0 Å². The minimum Gasteiger partial charge on any atom is -0.409 e. The summed E-state index contributed by atoms with van der Waals surface area (Å²) in [6, 6.07) is 6.04. The van der Waals surface area contributed by atoms with E-state index in [4.69, 9.17) is 10.9 Å². The first-order valence-corrected chi connectivity index (χ1v) is 7.40. The summed E-state index contributed by atoms with van der Waals surface area (Å²) < 4.78 is 0. The third-order valence-electron chi connectivity index (χ3n) is 3.47. The van der Waals surface area contributed by atoms with Gasteiger partial charge in [0.1, 0.15) is 0 Å². The minimum absolute atomic E-state index is 0.198. The monoisotopic (exact) mass is 264 g/mol. The van der Waals surface area contributed by atoms with E-state index < -0.39 is 0 Å². The van der Waals surface area contributed by atoms with Crippen LogP contribution >= 0.6 is 11.8 Å². The number of benzene rings is 1. The van der Waals surface area contributed by atoms with E-state index in [9.17, 15) is 0 Å². The minimum atomic E-state index is 0.198. The quantitative estimate of drug-likeness (QED) is 0.288. The van der Waals surface area contributed by atoms with Gasteiger partial charge in [-0.2, -0.15) is 0 Å². The van der Waals surface area contributed by atoms with Crippen LogP contribution < -0.4 is 5.73 Å². The zero-order valence-corrected chi connectivity index (χ0v) is 11.5. The van der Waals surface area contributed by atoms with E-state index in [0.717, 1.165) is 22.1 Å². The number of nitrogens with zero attached hydrogens (tertiary/aromatic N) is 1. The topological polar surface area (TPSA) is 58.6 Å². The molecule has 0 bridgehead atoms. The lowest BCUT2D eigenvalue weighted by Crippen LogP contribution is -2.14. The van der Waals surface area contributed by atoms with E-state index in [1.165, 1.54) is 31.2 Å². The highest BCUT2D eigenvalue weighted by Gasteiger charge is 2.16. The standard InChI is InChI=1S/C14H20N2OS/c1-10-6-7-12(14(15)16-17)13(8-10)18-9-11-4-2-3-5-11/h6-8,11,17H,2-5,9H2,1H3,(H2,15,16). The molecule has 98 valence electrons. The predicted octanol–water partition coefficient (Wildman–Crippen LogP) is 3.37. The van der Waals surface area contributed by atoms with Gasteiger partial charge >= 0.3 is 0 Å². The van der Waals surface area contributed by atoms with Crippen molar-refractivity contribution < 1.29 is 5.21 Å². The van der Waals surface area contributed by atoms with Crippen LogP contribution in [0.2, 0.25) is 0 Å². The number of hydrogen-bond acceptors (Lipinski definition) is 3. The molecule has 0 radical (unpaired) electrons.